The minimum absolute atomic E-state index is 0.00292. The Balaban J connectivity index is 1.65. The van der Waals surface area contributed by atoms with Crippen LogP contribution in [-0.2, 0) is 0 Å². The van der Waals surface area contributed by atoms with Crippen molar-refractivity contribution in [1.29, 1.82) is 0 Å². The summed E-state index contributed by atoms with van der Waals surface area (Å²) in [7, 11) is 0. The molecule has 5 nitrogen and oxygen atoms in total. The van der Waals surface area contributed by atoms with Crippen molar-refractivity contribution in [2.75, 3.05) is 31.1 Å². The van der Waals surface area contributed by atoms with Crippen molar-refractivity contribution < 1.29 is 9.59 Å². The van der Waals surface area contributed by atoms with E-state index in [9.17, 15) is 9.59 Å². The Morgan fingerprint density at radius 3 is 2.21 bits per heavy atom. The van der Waals surface area contributed by atoms with E-state index in [0.717, 1.165) is 18.8 Å². The minimum atomic E-state index is -0.00872. The summed E-state index contributed by atoms with van der Waals surface area (Å²) in [6, 6.07) is 8.71. The van der Waals surface area contributed by atoms with Crippen LogP contribution in [0.4, 0.5) is 5.69 Å². The lowest BCUT2D eigenvalue weighted by atomic mass is 10.1. The molecule has 1 aliphatic rings. The van der Waals surface area contributed by atoms with E-state index < -0.39 is 0 Å². The van der Waals surface area contributed by atoms with Gasteiger partial charge in [0.2, 0.25) is 0 Å². The fraction of sp³-hybridized carbons (Fsp3) is 0.278. The SMILES string of the molecule is CC(=O)c1ccc(C(=O)N2CCN(c3ccncc3Cl)CC2)cc1. The average molecular weight is 344 g/mol. The summed E-state index contributed by atoms with van der Waals surface area (Å²) >= 11 is 6.18. The first kappa shape index (κ1) is 16.5. The van der Waals surface area contributed by atoms with E-state index in [0.29, 0.717) is 29.2 Å². The van der Waals surface area contributed by atoms with Crippen LogP contribution in [0, 0.1) is 0 Å². The van der Waals surface area contributed by atoms with Crippen LogP contribution in [-0.4, -0.2) is 47.8 Å². The maximum absolute atomic E-state index is 12.6. The first-order valence-electron chi connectivity index (χ1n) is 7.81. The van der Waals surface area contributed by atoms with Crippen LogP contribution in [0.1, 0.15) is 27.6 Å². The molecule has 0 saturated carbocycles. The number of pyridine rings is 1. The van der Waals surface area contributed by atoms with Gasteiger partial charge in [-0.25, -0.2) is 0 Å². The van der Waals surface area contributed by atoms with E-state index in [-0.39, 0.29) is 11.7 Å². The summed E-state index contributed by atoms with van der Waals surface area (Å²) in [6.45, 7) is 4.22. The molecule has 0 aliphatic carbocycles. The Kier molecular flexibility index (Phi) is 4.81. The number of aromatic nitrogens is 1. The summed E-state index contributed by atoms with van der Waals surface area (Å²) in [6.07, 6.45) is 3.35. The Morgan fingerprint density at radius 2 is 1.62 bits per heavy atom. The first-order valence-corrected chi connectivity index (χ1v) is 8.19. The van der Waals surface area contributed by atoms with Crippen LogP contribution in [0.2, 0.25) is 5.02 Å². The Labute approximate surface area is 145 Å². The zero-order valence-electron chi connectivity index (χ0n) is 13.4. The van der Waals surface area contributed by atoms with E-state index in [2.05, 4.69) is 9.88 Å². The zero-order valence-corrected chi connectivity index (χ0v) is 14.2. The fourth-order valence-corrected chi connectivity index (χ4v) is 3.04. The highest BCUT2D eigenvalue weighted by Gasteiger charge is 2.23. The molecule has 0 bridgehead atoms. The largest absolute Gasteiger partial charge is 0.367 e. The van der Waals surface area contributed by atoms with Gasteiger partial charge in [-0.1, -0.05) is 23.7 Å². The van der Waals surface area contributed by atoms with Crippen LogP contribution >= 0.6 is 11.6 Å². The Hall–Kier alpha value is -2.40. The Morgan fingerprint density at radius 1 is 1.00 bits per heavy atom. The summed E-state index contributed by atoms with van der Waals surface area (Å²) in [4.78, 5) is 31.9. The molecule has 0 N–H and O–H groups in total. The maximum atomic E-state index is 12.6. The van der Waals surface area contributed by atoms with E-state index in [4.69, 9.17) is 11.6 Å². The van der Waals surface area contributed by atoms with Crippen LogP contribution in [0.15, 0.2) is 42.7 Å². The summed E-state index contributed by atoms with van der Waals surface area (Å²) in [5.41, 5.74) is 2.17. The standard InChI is InChI=1S/C18H18ClN3O2/c1-13(23)14-2-4-15(5-3-14)18(24)22-10-8-21(9-11-22)17-6-7-20-12-16(17)19/h2-7,12H,8-11H2,1H3. The summed E-state index contributed by atoms with van der Waals surface area (Å²) < 4.78 is 0. The molecule has 2 aromatic rings. The average Bonchev–Trinajstić information content (AvgIpc) is 2.62. The smallest absolute Gasteiger partial charge is 0.253 e. The normalized spacial score (nSPS) is 14.6. The molecular weight excluding hydrogens is 326 g/mol. The van der Waals surface area contributed by atoms with Gasteiger partial charge in [0.25, 0.3) is 5.91 Å². The molecule has 6 heteroatoms. The van der Waals surface area contributed by atoms with E-state index in [1.807, 2.05) is 11.0 Å². The molecule has 0 spiro atoms. The van der Waals surface area contributed by atoms with Gasteiger partial charge in [-0.2, -0.15) is 0 Å². The third kappa shape index (κ3) is 3.41. The molecule has 1 aromatic heterocycles. The Bertz CT molecular complexity index is 753. The topological polar surface area (TPSA) is 53.5 Å². The number of halogens is 1. The minimum Gasteiger partial charge on any atom is -0.367 e. The number of hydrogen-bond acceptors (Lipinski definition) is 4. The van der Waals surface area contributed by atoms with Crippen LogP contribution < -0.4 is 4.90 Å². The lowest BCUT2D eigenvalue weighted by Gasteiger charge is -2.36. The molecule has 1 aromatic carbocycles. The number of carbonyl (C=O) groups is 2. The molecule has 1 fully saturated rings. The van der Waals surface area contributed by atoms with E-state index >= 15 is 0 Å². The molecule has 24 heavy (non-hydrogen) atoms. The quantitative estimate of drug-likeness (QED) is 0.804. The van der Waals surface area contributed by atoms with Crippen molar-refractivity contribution >= 4 is 29.0 Å². The van der Waals surface area contributed by atoms with Gasteiger partial charge in [0.05, 0.1) is 10.7 Å². The molecule has 124 valence electrons. The molecule has 1 amide bonds. The second-order valence-electron chi connectivity index (χ2n) is 5.74. The number of rotatable bonds is 3. The molecule has 0 unspecified atom stereocenters. The van der Waals surface area contributed by atoms with Gasteiger partial charge in [-0.05, 0) is 25.1 Å². The van der Waals surface area contributed by atoms with Gasteiger partial charge in [0.1, 0.15) is 0 Å². The predicted octanol–water partition coefficient (Wildman–Crippen LogP) is 2.90. The molecule has 2 heterocycles. The van der Waals surface area contributed by atoms with E-state index in [1.54, 1.807) is 36.7 Å². The molecule has 0 atom stereocenters. The third-order valence-corrected chi connectivity index (χ3v) is 4.49. The molecule has 1 aliphatic heterocycles. The zero-order chi connectivity index (χ0) is 17.1. The van der Waals surface area contributed by atoms with Crippen LogP contribution in [0.25, 0.3) is 0 Å². The highest BCUT2D eigenvalue weighted by Crippen LogP contribution is 2.25. The highest BCUT2D eigenvalue weighted by molar-refractivity contribution is 6.33. The summed E-state index contributed by atoms with van der Waals surface area (Å²) in [5, 5.41) is 0.622. The van der Waals surface area contributed by atoms with Gasteiger partial charge >= 0.3 is 0 Å². The second kappa shape index (κ2) is 7.01. The third-order valence-electron chi connectivity index (χ3n) is 4.20. The highest BCUT2D eigenvalue weighted by atomic mass is 35.5. The maximum Gasteiger partial charge on any atom is 0.253 e. The molecular formula is C18H18ClN3O2. The number of Topliss-reactive ketones (excluding diaryl/α,β-unsaturated/α-hetero) is 1. The van der Waals surface area contributed by atoms with Crippen molar-refractivity contribution in [2.24, 2.45) is 0 Å². The molecule has 1 saturated heterocycles. The lowest BCUT2D eigenvalue weighted by Crippen LogP contribution is -2.48. The number of amides is 1. The van der Waals surface area contributed by atoms with Crippen molar-refractivity contribution in [3.05, 3.63) is 58.9 Å². The van der Waals surface area contributed by atoms with Gasteiger partial charge in [-0.15, -0.1) is 0 Å². The second-order valence-corrected chi connectivity index (χ2v) is 6.15. The van der Waals surface area contributed by atoms with Gasteiger partial charge in [0.15, 0.2) is 5.78 Å². The van der Waals surface area contributed by atoms with Crippen LogP contribution in [0.5, 0.6) is 0 Å². The molecule has 0 radical (unpaired) electrons. The molecule has 3 rings (SSSR count). The number of nitrogens with zero attached hydrogens (tertiary/aromatic N) is 3. The number of hydrogen-bond donors (Lipinski definition) is 0. The number of carbonyl (C=O) groups excluding carboxylic acids is 2. The van der Waals surface area contributed by atoms with Crippen molar-refractivity contribution in [1.82, 2.24) is 9.88 Å². The number of piperazine rings is 1. The van der Waals surface area contributed by atoms with Gasteiger partial charge < -0.3 is 9.80 Å². The van der Waals surface area contributed by atoms with Crippen molar-refractivity contribution in [3.8, 4) is 0 Å². The fourth-order valence-electron chi connectivity index (χ4n) is 2.80. The van der Waals surface area contributed by atoms with Crippen molar-refractivity contribution in [3.63, 3.8) is 0 Å². The van der Waals surface area contributed by atoms with Crippen molar-refractivity contribution in [2.45, 2.75) is 6.92 Å². The lowest BCUT2D eigenvalue weighted by molar-refractivity contribution is 0.0746. The number of ketones is 1. The van der Waals surface area contributed by atoms with Gasteiger partial charge in [0, 0.05) is 49.7 Å². The number of benzene rings is 1. The van der Waals surface area contributed by atoms with E-state index in [1.165, 1.54) is 6.92 Å². The first-order chi connectivity index (χ1) is 11.6. The monoisotopic (exact) mass is 343 g/mol. The predicted molar refractivity (Wildman–Crippen MR) is 93.8 cm³/mol. The van der Waals surface area contributed by atoms with Gasteiger partial charge in [-0.3, -0.25) is 14.6 Å². The summed E-state index contributed by atoms with van der Waals surface area (Å²) in [5.74, 6) is -0.0116. The van der Waals surface area contributed by atoms with Crippen LogP contribution in [0.3, 0.4) is 0 Å². The number of anilines is 1.